The number of nitrogens with one attached hydrogen (secondary N) is 1. The Labute approximate surface area is 121 Å². The maximum Gasteiger partial charge on any atom is 0.262 e. The fraction of sp³-hybridized carbons (Fsp3) is 0.333. The Hall–Kier alpha value is -2.50. The van der Waals surface area contributed by atoms with E-state index in [1.165, 1.54) is 0 Å². The summed E-state index contributed by atoms with van der Waals surface area (Å²) in [6, 6.07) is 3.63. The zero-order valence-electron chi connectivity index (χ0n) is 12.5. The van der Waals surface area contributed by atoms with Crippen LogP contribution in [0.5, 0.6) is 0 Å². The van der Waals surface area contributed by atoms with Crippen LogP contribution in [-0.2, 0) is 5.54 Å². The first-order valence-electron chi connectivity index (χ1n) is 6.78. The van der Waals surface area contributed by atoms with Crippen molar-refractivity contribution >= 4 is 11.0 Å². The van der Waals surface area contributed by atoms with Gasteiger partial charge in [-0.25, -0.2) is 9.67 Å². The van der Waals surface area contributed by atoms with E-state index in [0.717, 1.165) is 5.56 Å². The van der Waals surface area contributed by atoms with Gasteiger partial charge in [0, 0.05) is 18.0 Å². The van der Waals surface area contributed by atoms with Gasteiger partial charge in [0.15, 0.2) is 5.65 Å². The van der Waals surface area contributed by atoms with Crippen LogP contribution >= 0.6 is 0 Å². The van der Waals surface area contributed by atoms with Crippen molar-refractivity contribution in [1.82, 2.24) is 24.7 Å². The SMILES string of the molecule is Cc1nn(C(C)(C)C)c2nc(-c3ccncc3)[nH]c(=O)c12. The Balaban J connectivity index is 2.36. The maximum absolute atomic E-state index is 12.4. The van der Waals surface area contributed by atoms with Crippen molar-refractivity contribution in [3.05, 3.63) is 40.6 Å². The van der Waals surface area contributed by atoms with Crippen molar-refractivity contribution in [2.75, 3.05) is 0 Å². The smallest absolute Gasteiger partial charge is 0.262 e. The number of aromatic amines is 1. The fourth-order valence-electron chi connectivity index (χ4n) is 2.30. The molecule has 0 aliphatic carbocycles. The highest BCUT2D eigenvalue weighted by Gasteiger charge is 2.22. The third-order valence-electron chi connectivity index (χ3n) is 3.30. The summed E-state index contributed by atoms with van der Waals surface area (Å²) in [5.41, 5.74) is 1.71. The lowest BCUT2D eigenvalue weighted by atomic mass is 10.1. The number of H-pyrrole nitrogens is 1. The average molecular weight is 283 g/mol. The lowest BCUT2D eigenvalue weighted by Crippen LogP contribution is -2.24. The van der Waals surface area contributed by atoms with E-state index in [1.54, 1.807) is 17.1 Å². The van der Waals surface area contributed by atoms with E-state index in [4.69, 9.17) is 0 Å². The monoisotopic (exact) mass is 283 g/mol. The Bertz CT molecular complexity index is 855. The molecule has 3 heterocycles. The number of hydrogen-bond acceptors (Lipinski definition) is 4. The van der Waals surface area contributed by atoms with Gasteiger partial charge in [-0.15, -0.1) is 0 Å². The minimum atomic E-state index is -0.247. The number of pyridine rings is 1. The highest BCUT2D eigenvalue weighted by atomic mass is 16.1. The molecule has 6 nitrogen and oxygen atoms in total. The predicted molar refractivity (Wildman–Crippen MR) is 81.1 cm³/mol. The van der Waals surface area contributed by atoms with E-state index in [1.807, 2.05) is 39.8 Å². The van der Waals surface area contributed by atoms with E-state index >= 15 is 0 Å². The molecule has 3 aromatic heterocycles. The standard InChI is InChI=1S/C15H17N5O/c1-9-11-13(20(19-9)15(2,3)4)17-12(18-14(11)21)10-5-7-16-8-6-10/h5-8H,1-4H3,(H,17,18,21). The molecule has 1 N–H and O–H groups in total. The number of rotatable bonds is 1. The predicted octanol–water partition coefficient (Wildman–Crippen LogP) is 2.25. The third kappa shape index (κ3) is 2.22. The van der Waals surface area contributed by atoms with Gasteiger partial charge in [-0.3, -0.25) is 9.78 Å². The molecule has 3 rings (SSSR count). The number of aryl methyl sites for hydroxylation is 1. The quantitative estimate of drug-likeness (QED) is 0.743. The number of nitrogens with zero attached hydrogens (tertiary/aromatic N) is 4. The van der Waals surface area contributed by atoms with Crippen molar-refractivity contribution in [3.8, 4) is 11.4 Å². The molecule has 0 spiro atoms. The Morgan fingerprint density at radius 1 is 1.19 bits per heavy atom. The summed E-state index contributed by atoms with van der Waals surface area (Å²) in [4.78, 5) is 23.8. The second-order valence-electron chi connectivity index (χ2n) is 6.02. The van der Waals surface area contributed by atoms with Crippen LogP contribution in [0.1, 0.15) is 26.5 Å². The number of aromatic nitrogens is 5. The molecule has 0 aromatic carbocycles. The summed E-state index contributed by atoms with van der Waals surface area (Å²) in [5, 5.41) is 5.02. The molecular weight excluding hydrogens is 266 g/mol. The zero-order valence-corrected chi connectivity index (χ0v) is 12.5. The van der Waals surface area contributed by atoms with Crippen molar-refractivity contribution in [2.45, 2.75) is 33.2 Å². The van der Waals surface area contributed by atoms with Gasteiger partial charge in [-0.1, -0.05) is 0 Å². The van der Waals surface area contributed by atoms with E-state index in [2.05, 4.69) is 20.1 Å². The summed E-state index contributed by atoms with van der Waals surface area (Å²) in [7, 11) is 0. The van der Waals surface area contributed by atoms with E-state index in [-0.39, 0.29) is 11.1 Å². The van der Waals surface area contributed by atoms with Crippen LogP contribution in [0.15, 0.2) is 29.3 Å². The average Bonchev–Trinajstić information content (AvgIpc) is 2.77. The van der Waals surface area contributed by atoms with Crippen LogP contribution < -0.4 is 5.56 Å². The molecule has 0 aliphatic rings. The first-order valence-corrected chi connectivity index (χ1v) is 6.78. The van der Waals surface area contributed by atoms with Gasteiger partial charge in [0.25, 0.3) is 5.56 Å². The van der Waals surface area contributed by atoms with Gasteiger partial charge >= 0.3 is 0 Å². The fourth-order valence-corrected chi connectivity index (χ4v) is 2.30. The molecule has 0 aliphatic heterocycles. The Morgan fingerprint density at radius 3 is 2.48 bits per heavy atom. The summed E-state index contributed by atoms with van der Waals surface area (Å²) in [6.07, 6.45) is 3.34. The molecule has 0 bridgehead atoms. The molecule has 3 aromatic rings. The van der Waals surface area contributed by atoms with Gasteiger partial charge in [0.1, 0.15) is 11.2 Å². The lowest BCUT2D eigenvalue weighted by molar-refractivity contribution is 0.364. The van der Waals surface area contributed by atoms with Crippen molar-refractivity contribution < 1.29 is 0 Å². The van der Waals surface area contributed by atoms with Crippen LogP contribution in [0.2, 0.25) is 0 Å². The molecule has 108 valence electrons. The van der Waals surface area contributed by atoms with E-state index in [9.17, 15) is 4.79 Å². The zero-order chi connectivity index (χ0) is 15.2. The second kappa shape index (κ2) is 4.51. The topological polar surface area (TPSA) is 76.5 Å². The second-order valence-corrected chi connectivity index (χ2v) is 6.02. The summed E-state index contributed by atoms with van der Waals surface area (Å²) in [5.74, 6) is 0.528. The molecule has 0 saturated heterocycles. The first kappa shape index (κ1) is 13.5. The number of hydrogen-bond donors (Lipinski definition) is 1. The van der Waals surface area contributed by atoms with Crippen molar-refractivity contribution in [3.63, 3.8) is 0 Å². The largest absolute Gasteiger partial charge is 0.306 e. The van der Waals surface area contributed by atoms with Gasteiger partial charge in [-0.2, -0.15) is 5.10 Å². The molecule has 0 amide bonds. The molecule has 0 unspecified atom stereocenters. The molecule has 0 atom stereocenters. The molecule has 21 heavy (non-hydrogen) atoms. The van der Waals surface area contributed by atoms with Gasteiger partial charge in [0.05, 0.1) is 11.2 Å². The highest BCUT2D eigenvalue weighted by Crippen LogP contribution is 2.22. The summed E-state index contributed by atoms with van der Waals surface area (Å²) in [6.45, 7) is 7.93. The molecule has 6 heteroatoms. The van der Waals surface area contributed by atoms with Gasteiger partial charge in [-0.05, 0) is 39.8 Å². The molecule has 0 radical (unpaired) electrons. The molecule has 0 saturated carbocycles. The van der Waals surface area contributed by atoms with Crippen molar-refractivity contribution in [2.24, 2.45) is 0 Å². The molecular formula is C15H17N5O. The normalized spacial score (nSPS) is 12.0. The highest BCUT2D eigenvalue weighted by molar-refractivity contribution is 5.79. The van der Waals surface area contributed by atoms with Gasteiger partial charge < -0.3 is 4.98 Å². The maximum atomic E-state index is 12.4. The Morgan fingerprint density at radius 2 is 1.86 bits per heavy atom. The van der Waals surface area contributed by atoms with Crippen LogP contribution in [0, 0.1) is 6.92 Å². The van der Waals surface area contributed by atoms with Crippen LogP contribution in [-0.4, -0.2) is 24.7 Å². The van der Waals surface area contributed by atoms with Gasteiger partial charge in [0.2, 0.25) is 0 Å². The van der Waals surface area contributed by atoms with Crippen LogP contribution in [0.25, 0.3) is 22.4 Å². The van der Waals surface area contributed by atoms with Crippen molar-refractivity contribution in [1.29, 1.82) is 0 Å². The van der Waals surface area contributed by atoms with Crippen LogP contribution in [0.3, 0.4) is 0 Å². The van der Waals surface area contributed by atoms with E-state index < -0.39 is 0 Å². The minimum absolute atomic E-state index is 0.167. The van der Waals surface area contributed by atoms with E-state index in [0.29, 0.717) is 22.6 Å². The van der Waals surface area contributed by atoms with Crippen LogP contribution in [0.4, 0.5) is 0 Å². The summed E-state index contributed by atoms with van der Waals surface area (Å²) >= 11 is 0. The Kier molecular flexibility index (Phi) is 2.90. The number of fused-ring (bicyclic) bond motifs is 1. The third-order valence-corrected chi connectivity index (χ3v) is 3.30. The first-order chi connectivity index (χ1) is 9.88. The summed E-state index contributed by atoms with van der Waals surface area (Å²) < 4.78 is 1.80. The minimum Gasteiger partial charge on any atom is -0.306 e. The lowest BCUT2D eigenvalue weighted by Gasteiger charge is -2.19. The molecule has 0 fully saturated rings.